The summed E-state index contributed by atoms with van der Waals surface area (Å²) in [7, 11) is 0. The Bertz CT molecular complexity index is 572. The van der Waals surface area contributed by atoms with Gasteiger partial charge in [0.2, 0.25) is 5.91 Å². The lowest BCUT2D eigenvalue weighted by Gasteiger charge is -2.32. The lowest BCUT2D eigenvalue weighted by Crippen LogP contribution is -2.45. The summed E-state index contributed by atoms with van der Waals surface area (Å²) < 4.78 is 0. The quantitative estimate of drug-likeness (QED) is 0.758. The van der Waals surface area contributed by atoms with Gasteiger partial charge in [0.15, 0.2) is 0 Å². The van der Waals surface area contributed by atoms with E-state index in [1.807, 2.05) is 30.9 Å². The number of unbranched alkanes of at least 4 members (excludes halogenated alkanes) is 1. The molecule has 5 nitrogen and oxygen atoms in total. The molecule has 2 rings (SSSR count). The third kappa shape index (κ3) is 6.33. The van der Waals surface area contributed by atoms with Crippen LogP contribution in [0.2, 0.25) is 0 Å². The fraction of sp³-hybridized carbons (Fsp3) is 0.579. The molecule has 3 N–H and O–H groups in total. The summed E-state index contributed by atoms with van der Waals surface area (Å²) in [5.74, 6) is -0.0149. The topological polar surface area (TPSA) is 75.4 Å². The average molecular weight is 368 g/mol. The molecule has 1 unspecified atom stereocenters. The van der Waals surface area contributed by atoms with Crippen molar-refractivity contribution in [2.24, 2.45) is 11.7 Å². The van der Waals surface area contributed by atoms with Crippen LogP contribution in [0, 0.1) is 19.8 Å². The first kappa shape index (κ1) is 21.5. The number of nitrogens with two attached hydrogens (primary N) is 1. The van der Waals surface area contributed by atoms with Gasteiger partial charge in [0.1, 0.15) is 0 Å². The minimum Gasteiger partial charge on any atom is -0.356 e. The molecule has 0 aliphatic carbocycles. The normalized spacial score (nSPS) is 16.9. The maximum absolute atomic E-state index is 12.8. The second-order valence-electron chi connectivity index (χ2n) is 6.75. The predicted octanol–water partition coefficient (Wildman–Crippen LogP) is 2.43. The van der Waals surface area contributed by atoms with Gasteiger partial charge in [-0.25, -0.2) is 0 Å². The molecule has 1 fully saturated rings. The number of halogens is 1. The van der Waals surface area contributed by atoms with Crippen LogP contribution in [0.15, 0.2) is 18.2 Å². The van der Waals surface area contributed by atoms with Gasteiger partial charge < -0.3 is 16.0 Å². The van der Waals surface area contributed by atoms with Crippen molar-refractivity contribution in [3.8, 4) is 0 Å². The molecule has 2 amide bonds. The molecule has 6 heteroatoms. The van der Waals surface area contributed by atoms with Gasteiger partial charge in [-0.05, 0) is 58.2 Å². The summed E-state index contributed by atoms with van der Waals surface area (Å²) in [6.07, 6.45) is 3.54. The summed E-state index contributed by atoms with van der Waals surface area (Å²) >= 11 is 0. The molecular weight excluding hydrogens is 338 g/mol. The second-order valence-corrected chi connectivity index (χ2v) is 6.75. The van der Waals surface area contributed by atoms with Crippen molar-refractivity contribution < 1.29 is 9.59 Å². The molecule has 1 aromatic rings. The van der Waals surface area contributed by atoms with Crippen LogP contribution in [0.4, 0.5) is 0 Å². The van der Waals surface area contributed by atoms with E-state index >= 15 is 0 Å². The molecule has 1 heterocycles. The molecular formula is C19H30ClN3O2. The van der Waals surface area contributed by atoms with E-state index in [1.54, 1.807) is 0 Å². The highest BCUT2D eigenvalue weighted by molar-refractivity contribution is 5.95. The Morgan fingerprint density at radius 3 is 2.52 bits per heavy atom. The Labute approximate surface area is 156 Å². The first-order valence-corrected chi connectivity index (χ1v) is 8.86. The number of likely N-dealkylation sites (tertiary alicyclic amines) is 1. The molecule has 0 aromatic heterocycles. The van der Waals surface area contributed by atoms with Crippen molar-refractivity contribution in [1.29, 1.82) is 0 Å². The second kappa shape index (κ2) is 10.4. The molecule has 1 aromatic carbocycles. The molecule has 1 aliphatic rings. The van der Waals surface area contributed by atoms with Crippen molar-refractivity contribution in [3.63, 3.8) is 0 Å². The van der Waals surface area contributed by atoms with Crippen molar-refractivity contribution in [1.82, 2.24) is 10.2 Å². The van der Waals surface area contributed by atoms with Crippen molar-refractivity contribution in [2.75, 3.05) is 26.2 Å². The van der Waals surface area contributed by atoms with E-state index in [1.165, 1.54) is 0 Å². The number of nitrogens with one attached hydrogen (secondary N) is 1. The molecule has 0 bridgehead atoms. The Morgan fingerprint density at radius 1 is 1.20 bits per heavy atom. The zero-order valence-corrected chi connectivity index (χ0v) is 16.0. The van der Waals surface area contributed by atoms with Crippen LogP contribution in [-0.4, -0.2) is 42.9 Å². The Kier molecular flexibility index (Phi) is 8.93. The molecule has 1 saturated heterocycles. The minimum absolute atomic E-state index is 0. The van der Waals surface area contributed by atoms with E-state index < -0.39 is 0 Å². The van der Waals surface area contributed by atoms with Gasteiger partial charge >= 0.3 is 0 Å². The summed E-state index contributed by atoms with van der Waals surface area (Å²) in [4.78, 5) is 26.9. The monoisotopic (exact) mass is 367 g/mol. The number of benzene rings is 1. The summed E-state index contributed by atoms with van der Waals surface area (Å²) in [5.41, 5.74) is 8.35. The van der Waals surface area contributed by atoms with E-state index in [-0.39, 0.29) is 30.1 Å². The lowest BCUT2D eigenvalue weighted by atomic mass is 9.96. The Morgan fingerprint density at radius 2 is 1.88 bits per heavy atom. The fourth-order valence-corrected chi connectivity index (χ4v) is 3.28. The maximum Gasteiger partial charge on any atom is 0.253 e. The number of amides is 2. The number of piperidine rings is 1. The van der Waals surface area contributed by atoms with Gasteiger partial charge in [0.25, 0.3) is 5.91 Å². The van der Waals surface area contributed by atoms with E-state index in [9.17, 15) is 9.59 Å². The molecule has 1 aliphatic heterocycles. The fourth-order valence-electron chi connectivity index (χ4n) is 3.28. The highest BCUT2D eigenvalue weighted by Gasteiger charge is 2.28. The molecule has 25 heavy (non-hydrogen) atoms. The number of carbonyl (C=O) groups is 2. The Hall–Kier alpha value is -1.59. The van der Waals surface area contributed by atoms with Crippen molar-refractivity contribution in [2.45, 2.75) is 39.5 Å². The van der Waals surface area contributed by atoms with Crippen LogP contribution < -0.4 is 11.1 Å². The number of carbonyl (C=O) groups excluding carboxylic acids is 2. The van der Waals surface area contributed by atoms with Gasteiger partial charge in [-0.3, -0.25) is 9.59 Å². The Balaban J connectivity index is 0.00000312. The standard InChI is InChI=1S/C19H29N3O2.ClH/c1-14-10-15(2)12-17(11-14)19(24)22-9-5-6-16(13-22)18(23)21-8-4-3-7-20;/h10-12,16H,3-9,13,20H2,1-2H3,(H,21,23);1H. The highest BCUT2D eigenvalue weighted by Crippen LogP contribution is 2.20. The van der Waals surface area contributed by atoms with E-state index in [2.05, 4.69) is 11.4 Å². The van der Waals surface area contributed by atoms with Crippen LogP contribution in [0.1, 0.15) is 47.2 Å². The first-order valence-electron chi connectivity index (χ1n) is 8.86. The van der Waals surface area contributed by atoms with Crippen molar-refractivity contribution >= 4 is 24.2 Å². The van der Waals surface area contributed by atoms with Crippen LogP contribution in [0.3, 0.4) is 0 Å². The van der Waals surface area contributed by atoms with Gasteiger partial charge in [0, 0.05) is 25.2 Å². The van der Waals surface area contributed by atoms with Gasteiger partial charge in [-0.1, -0.05) is 17.2 Å². The lowest BCUT2D eigenvalue weighted by molar-refractivity contribution is -0.126. The van der Waals surface area contributed by atoms with Gasteiger partial charge in [-0.15, -0.1) is 12.4 Å². The zero-order chi connectivity index (χ0) is 17.5. The van der Waals surface area contributed by atoms with Gasteiger partial charge in [0.05, 0.1) is 5.92 Å². The zero-order valence-electron chi connectivity index (χ0n) is 15.2. The maximum atomic E-state index is 12.8. The molecule has 0 radical (unpaired) electrons. The molecule has 0 spiro atoms. The molecule has 0 saturated carbocycles. The summed E-state index contributed by atoms with van der Waals surface area (Å²) in [6.45, 7) is 6.54. The summed E-state index contributed by atoms with van der Waals surface area (Å²) in [6, 6.07) is 5.91. The SMILES string of the molecule is Cc1cc(C)cc(C(=O)N2CCCC(C(=O)NCCCCN)C2)c1.Cl. The third-order valence-corrected chi connectivity index (χ3v) is 4.48. The van der Waals surface area contributed by atoms with Crippen LogP contribution in [-0.2, 0) is 4.79 Å². The van der Waals surface area contributed by atoms with Crippen LogP contribution >= 0.6 is 12.4 Å². The number of aryl methyl sites for hydroxylation is 2. The molecule has 1 atom stereocenters. The van der Waals surface area contributed by atoms with Gasteiger partial charge in [-0.2, -0.15) is 0 Å². The largest absolute Gasteiger partial charge is 0.356 e. The van der Waals surface area contributed by atoms with Crippen LogP contribution in [0.25, 0.3) is 0 Å². The van der Waals surface area contributed by atoms with Crippen molar-refractivity contribution in [3.05, 3.63) is 34.9 Å². The molecule has 140 valence electrons. The highest BCUT2D eigenvalue weighted by atomic mass is 35.5. The first-order chi connectivity index (χ1) is 11.5. The van der Waals surface area contributed by atoms with E-state index in [0.29, 0.717) is 19.6 Å². The number of hydrogen-bond donors (Lipinski definition) is 2. The predicted molar refractivity (Wildman–Crippen MR) is 103 cm³/mol. The smallest absolute Gasteiger partial charge is 0.253 e. The van der Waals surface area contributed by atoms with E-state index in [0.717, 1.165) is 48.9 Å². The number of hydrogen-bond acceptors (Lipinski definition) is 3. The third-order valence-electron chi connectivity index (χ3n) is 4.48. The number of rotatable bonds is 6. The summed E-state index contributed by atoms with van der Waals surface area (Å²) in [5, 5.41) is 2.97. The number of nitrogens with zero attached hydrogens (tertiary/aromatic N) is 1. The minimum atomic E-state index is -0.105. The average Bonchev–Trinajstić information content (AvgIpc) is 2.57. The van der Waals surface area contributed by atoms with Crippen LogP contribution in [0.5, 0.6) is 0 Å². The van der Waals surface area contributed by atoms with E-state index in [4.69, 9.17) is 5.73 Å².